The van der Waals surface area contributed by atoms with Gasteiger partial charge >= 0.3 is 0 Å². The van der Waals surface area contributed by atoms with Crippen LogP contribution < -0.4 is 10.6 Å². The summed E-state index contributed by atoms with van der Waals surface area (Å²) in [6, 6.07) is 10.5. The molecule has 0 bridgehead atoms. The molecule has 0 aromatic heterocycles. The molecule has 0 saturated carbocycles. The quantitative estimate of drug-likeness (QED) is 0.876. The Kier molecular flexibility index (Phi) is 6.76. The lowest BCUT2D eigenvalue weighted by Gasteiger charge is -2.23. The number of piperidine rings is 1. The van der Waals surface area contributed by atoms with E-state index in [1.54, 1.807) is 0 Å². The molecule has 0 atom stereocenters. The third-order valence-electron chi connectivity index (χ3n) is 3.19. The van der Waals surface area contributed by atoms with Crippen molar-refractivity contribution in [2.75, 3.05) is 13.1 Å². The number of nitrogens with one attached hydrogen (secondary N) is 2. The van der Waals surface area contributed by atoms with Crippen LogP contribution >= 0.6 is 12.4 Å². The average molecular weight is 269 g/mol. The highest BCUT2D eigenvalue weighted by Gasteiger charge is 2.14. The van der Waals surface area contributed by atoms with E-state index in [9.17, 15) is 4.79 Å². The van der Waals surface area contributed by atoms with E-state index in [0.717, 1.165) is 32.4 Å². The Morgan fingerprint density at radius 1 is 1.22 bits per heavy atom. The smallest absolute Gasteiger partial charge is 0.220 e. The molecule has 2 rings (SSSR count). The van der Waals surface area contributed by atoms with Crippen LogP contribution in [0.5, 0.6) is 0 Å². The van der Waals surface area contributed by atoms with Gasteiger partial charge in [-0.25, -0.2) is 0 Å². The van der Waals surface area contributed by atoms with Crippen LogP contribution in [0.25, 0.3) is 0 Å². The normalized spacial score (nSPS) is 15.8. The Hall–Kier alpha value is -1.06. The fourth-order valence-electron chi connectivity index (χ4n) is 2.17. The summed E-state index contributed by atoms with van der Waals surface area (Å²) in [6.07, 6.45) is 3.53. The molecule has 0 radical (unpaired) electrons. The van der Waals surface area contributed by atoms with E-state index in [4.69, 9.17) is 0 Å². The van der Waals surface area contributed by atoms with E-state index in [-0.39, 0.29) is 18.3 Å². The first-order valence-electron chi connectivity index (χ1n) is 6.38. The molecular weight excluding hydrogens is 248 g/mol. The Bertz CT molecular complexity index is 350. The van der Waals surface area contributed by atoms with Crippen molar-refractivity contribution < 1.29 is 4.79 Å². The Balaban J connectivity index is 0.00000162. The van der Waals surface area contributed by atoms with Gasteiger partial charge in [0.25, 0.3) is 0 Å². The Labute approximate surface area is 115 Å². The lowest BCUT2D eigenvalue weighted by Crippen LogP contribution is -2.42. The molecular formula is C14H21ClN2O. The van der Waals surface area contributed by atoms with E-state index < -0.39 is 0 Å². The van der Waals surface area contributed by atoms with Crippen LogP contribution in [0.3, 0.4) is 0 Å². The molecule has 1 amide bonds. The molecule has 1 aliphatic heterocycles. The second-order valence-electron chi connectivity index (χ2n) is 4.58. The minimum Gasteiger partial charge on any atom is -0.353 e. The van der Waals surface area contributed by atoms with Gasteiger partial charge in [-0.1, -0.05) is 30.3 Å². The summed E-state index contributed by atoms with van der Waals surface area (Å²) in [5.74, 6) is 0.181. The molecule has 1 aliphatic rings. The molecule has 0 unspecified atom stereocenters. The van der Waals surface area contributed by atoms with Crippen LogP contribution in [0, 0.1) is 0 Å². The van der Waals surface area contributed by atoms with Crippen LogP contribution in [-0.2, 0) is 11.2 Å². The summed E-state index contributed by atoms with van der Waals surface area (Å²) < 4.78 is 0. The standard InChI is InChI=1S/C14H20N2O.ClH/c17-14(16-13-8-10-15-11-9-13)7-6-12-4-2-1-3-5-12;/h1-5,13,15H,6-11H2,(H,16,17);1H. The van der Waals surface area contributed by atoms with Crippen molar-refractivity contribution in [3.8, 4) is 0 Å². The van der Waals surface area contributed by atoms with E-state index in [1.165, 1.54) is 5.56 Å². The number of hydrogen-bond acceptors (Lipinski definition) is 2. The monoisotopic (exact) mass is 268 g/mol. The highest BCUT2D eigenvalue weighted by atomic mass is 35.5. The molecule has 3 nitrogen and oxygen atoms in total. The van der Waals surface area contributed by atoms with E-state index in [0.29, 0.717) is 12.5 Å². The minimum absolute atomic E-state index is 0. The summed E-state index contributed by atoms with van der Waals surface area (Å²) in [6.45, 7) is 2.03. The van der Waals surface area contributed by atoms with Crippen LogP contribution in [-0.4, -0.2) is 25.0 Å². The summed E-state index contributed by atoms with van der Waals surface area (Å²) in [5, 5.41) is 6.40. The summed E-state index contributed by atoms with van der Waals surface area (Å²) in [5.41, 5.74) is 1.23. The zero-order chi connectivity index (χ0) is 11.9. The second kappa shape index (κ2) is 8.11. The SMILES string of the molecule is Cl.O=C(CCc1ccccc1)NC1CCNCC1. The maximum Gasteiger partial charge on any atom is 0.220 e. The number of benzene rings is 1. The van der Waals surface area contributed by atoms with E-state index in [1.807, 2.05) is 18.2 Å². The van der Waals surface area contributed by atoms with Crippen LogP contribution in [0.1, 0.15) is 24.8 Å². The van der Waals surface area contributed by atoms with Gasteiger partial charge in [0.05, 0.1) is 0 Å². The van der Waals surface area contributed by atoms with Crippen molar-refractivity contribution in [1.29, 1.82) is 0 Å². The first-order valence-corrected chi connectivity index (χ1v) is 6.38. The molecule has 1 fully saturated rings. The molecule has 1 aromatic carbocycles. The predicted octanol–water partition coefficient (Wildman–Crippen LogP) is 1.91. The lowest BCUT2D eigenvalue weighted by molar-refractivity contribution is -0.121. The van der Waals surface area contributed by atoms with Gasteiger partial charge in [0, 0.05) is 12.5 Å². The third kappa shape index (κ3) is 5.07. The molecule has 18 heavy (non-hydrogen) atoms. The highest BCUT2D eigenvalue weighted by molar-refractivity contribution is 5.85. The largest absolute Gasteiger partial charge is 0.353 e. The van der Waals surface area contributed by atoms with Gasteiger partial charge in [0.1, 0.15) is 0 Å². The number of halogens is 1. The van der Waals surface area contributed by atoms with E-state index in [2.05, 4.69) is 22.8 Å². The molecule has 100 valence electrons. The van der Waals surface area contributed by atoms with Crippen molar-refractivity contribution in [1.82, 2.24) is 10.6 Å². The van der Waals surface area contributed by atoms with Crippen LogP contribution in [0.4, 0.5) is 0 Å². The fourth-order valence-corrected chi connectivity index (χ4v) is 2.17. The maximum atomic E-state index is 11.8. The van der Waals surface area contributed by atoms with Crippen molar-refractivity contribution in [3.63, 3.8) is 0 Å². The highest BCUT2D eigenvalue weighted by Crippen LogP contribution is 2.05. The Morgan fingerprint density at radius 2 is 1.89 bits per heavy atom. The molecule has 4 heteroatoms. The van der Waals surface area contributed by atoms with Crippen molar-refractivity contribution in [3.05, 3.63) is 35.9 Å². The predicted molar refractivity (Wildman–Crippen MR) is 76.0 cm³/mol. The van der Waals surface area contributed by atoms with Gasteiger partial charge in [0.15, 0.2) is 0 Å². The number of hydrogen-bond donors (Lipinski definition) is 2. The summed E-state index contributed by atoms with van der Waals surface area (Å²) in [4.78, 5) is 11.8. The van der Waals surface area contributed by atoms with Gasteiger partial charge in [-0.05, 0) is 37.9 Å². The minimum atomic E-state index is 0. The van der Waals surface area contributed by atoms with Gasteiger partial charge in [0.2, 0.25) is 5.91 Å². The van der Waals surface area contributed by atoms with Gasteiger partial charge in [-0.15, -0.1) is 12.4 Å². The Morgan fingerprint density at radius 3 is 2.56 bits per heavy atom. The number of carbonyl (C=O) groups is 1. The van der Waals surface area contributed by atoms with Crippen LogP contribution in [0.2, 0.25) is 0 Å². The van der Waals surface area contributed by atoms with Crippen molar-refractivity contribution >= 4 is 18.3 Å². The van der Waals surface area contributed by atoms with E-state index >= 15 is 0 Å². The molecule has 2 N–H and O–H groups in total. The number of amides is 1. The zero-order valence-electron chi connectivity index (χ0n) is 10.5. The number of aryl methyl sites for hydroxylation is 1. The van der Waals surface area contributed by atoms with Crippen molar-refractivity contribution in [2.24, 2.45) is 0 Å². The second-order valence-corrected chi connectivity index (χ2v) is 4.58. The topological polar surface area (TPSA) is 41.1 Å². The molecule has 0 spiro atoms. The third-order valence-corrected chi connectivity index (χ3v) is 3.19. The van der Waals surface area contributed by atoms with Crippen LogP contribution in [0.15, 0.2) is 30.3 Å². The number of rotatable bonds is 4. The first-order chi connectivity index (χ1) is 8.34. The summed E-state index contributed by atoms with van der Waals surface area (Å²) in [7, 11) is 0. The molecule has 1 saturated heterocycles. The molecule has 1 aromatic rings. The summed E-state index contributed by atoms with van der Waals surface area (Å²) >= 11 is 0. The van der Waals surface area contributed by atoms with Gasteiger partial charge in [-0.2, -0.15) is 0 Å². The lowest BCUT2D eigenvalue weighted by atomic mass is 10.1. The maximum absolute atomic E-state index is 11.8. The number of carbonyl (C=O) groups excluding carboxylic acids is 1. The van der Waals surface area contributed by atoms with Crippen molar-refractivity contribution in [2.45, 2.75) is 31.7 Å². The fraction of sp³-hybridized carbons (Fsp3) is 0.500. The van der Waals surface area contributed by atoms with Gasteiger partial charge in [-0.3, -0.25) is 4.79 Å². The molecule has 1 heterocycles. The molecule has 0 aliphatic carbocycles. The zero-order valence-corrected chi connectivity index (χ0v) is 11.3. The average Bonchev–Trinajstić information content (AvgIpc) is 2.39. The van der Waals surface area contributed by atoms with Gasteiger partial charge < -0.3 is 10.6 Å². The first kappa shape index (κ1) is 15.0.